The molecule has 0 atom stereocenters. The maximum atomic E-state index is 6.79. The molecule has 252 valence electrons. The number of fused-ring (bicyclic) bond motifs is 4. The molecule has 0 radical (unpaired) electrons. The van der Waals surface area contributed by atoms with Crippen LogP contribution in [0.25, 0.3) is 44.3 Å². The van der Waals surface area contributed by atoms with Crippen LogP contribution in [0, 0.1) is 32.9 Å². The SMILES string of the molecule is Cc1cc(C)c(-c2cc(Oc3[c-]c(C4(c5ccccn5)c5ccccc5-c5ccccc54)ccc3)[c-]c(-c3cc4ccccc4cn3)c2)c(C)c1.[Pt+2]. The summed E-state index contributed by atoms with van der Waals surface area (Å²) < 4.78 is 6.79. The molecule has 2 heterocycles. The van der Waals surface area contributed by atoms with Gasteiger partial charge in [0.05, 0.1) is 11.1 Å². The minimum Gasteiger partial charge on any atom is -0.503 e. The van der Waals surface area contributed by atoms with E-state index in [1.54, 1.807) is 0 Å². The van der Waals surface area contributed by atoms with Crippen LogP contribution in [0.5, 0.6) is 11.5 Å². The predicted molar refractivity (Wildman–Crippen MR) is 206 cm³/mol. The second kappa shape index (κ2) is 13.5. The van der Waals surface area contributed by atoms with Crippen LogP contribution in [0.1, 0.15) is 39.1 Å². The van der Waals surface area contributed by atoms with Gasteiger partial charge in [0, 0.05) is 23.9 Å². The molecule has 1 aliphatic rings. The van der Waals surface area contributed by atoms with Crippen molar-refractivity contribution in [2.75, 3.05) is 0 Å². The van der Waals surface area contributed by atoms with Crippen molar-refractivity contribution in [3.8, 4) is 45.0 Å². The van der Waals surface area contributed by atoms with E-state index in [9.17, 15) is 0 Å². The van der Waals surface area contributed by atoms with Crippen LogP contribution in [-0.2, 0) is 26.5 Å². The van der Waals surface area contributed by atoms with Crippen molar-refractivity contribution < 1.29 is 25.8 Å². The molecule has 2 aromatic heterocycles. The van der Waals surface area contributed by atoms with Crippen molar-refractivity contribution in [3.63, 3.8) is 0 Å². The first-order valence-corrected chi connectivity index (χ1v) is 17.3. The number of aryl methyl sites for hydroxylation is 3. The van der Waals surface area contributed by atoms with Crippen LogP contribution in [0.15, 0.2) is 152 Å². The maximum absolute atomic E-state index is 6.79. The van der Waals surface area contributed by atoms with Gasteiger partial charge in [-0.05, 0) is 88.3 Å². The third-order valence-electron chi connectivity index (χ3n) is 10.1. The normalized spacial score (nSPS) is 12.5. The van der Waals surface area contributed by atoms with Crippen molar-refractivity contribution in [2.45, 2.75) is 26.2 Å². The monoisotopic (exact) mass is 849 g/mol. The summed E-state index contributed by atoms with van der Waals surface area (Å²) in [6.07, 6.45) is 3.80. The first-order valence-electron chi connectivity index (χ1n) is 17.3. The fourth-order valence-corrected chi connectivity index (χ4v) is 8.12. The predicted octanol–water partition coefficient (Wildman–Crippen LogP) is 11.6. The van der Waals surface area contributed by atoms with Gasteiger partial charge in [0.2, 0.25) is 0 Å². The average molecular weight is 850 g/mol. The number of hydrogen-bond acceptors (Lipinski definition) is 3. The molecule has 4 heteroatoms. The molecule has 0 bridgehead atoms. The van der Waals surface area contributed by atoms with E-state index in [0.717, 1.165) is 38.9 Å². The van der Waals surface area contributed by atoms with Gasteiger partial charge in [-0.3, -0.25) is 4.98 Å². The Bertz CT molecular complexity index is 2540. The summed E-state index contributed by atoms with van der Waals surface area (Å²) in [7, 11) is 0. The van der Waals surface area contributed by atoms with Gasteiger partial charge in [0.1, 0.15) is 0 Å². The molecule has 0 N–H and O–H groups in total. The molecular weight excluding hydrogens is 816 g/mol. The van der Waals surface area contributed by atoms with Crippen LogP contribution in [0.4, 0.5) is 0 Å². The van der Waals surface area contributed by atoms with E-state index in [1.165, 1.54) is 44.5 Å². The molecule has 52 heavy (non-hydrogen) atoms. The fourth-order valence-electron chi connectivity index (χ4n) is 8.12. The minimum absolute atomic E-state index is 0. The number of aromatic nitrogens is 2. The Morgan fingerprint density at radius 3 is 1.96 bits per heavy atom. The number of rotatable bonds is 6. The van der Waals surface area contributed by atoms with Crippen molar-refractivity contribution in [2.24, 2.45) is 0 Å². The third-order valence-corrected chi connectivity index (χ3v) is 10.1. The molecule has 0 unspecified atom stereocenters. The molecule has 8 aromatic rings. The van der Waals surface area contributed by atoms with E-state index >= 15 is 0 Å². The smallest absolute Gasteiger partial charge is 0.503 e. The van der Waals surface area contributed by atoms with Crippen LogP contribution < -0.4 is 4.74 Å². The molecule has 6 aromatic carbocycles. The number of pyridine rings is 2. The van der Waals surface area contributed by atoms with Gasteiger partial charge in [-0.2, -0.15) is 12.1 Å². The second-order valence-electron chi connectivity index (χ2n) is 13.4. The molecule has 0 saturated heterocycles. The quantitative estimate of drug-likeness (QED) is 0.156. The van der Waals surface area contributed by atoms with Crippen LogP contribution >= 0.6 is 0 Å². The molecule has 0 fully saturated rings. The number of benzene rings is 6. The van der Waals surface area contributed by atoms with E-state index < -0.39 is 5.41 Å². The Hall–Kier alpha value is -5.63. The zero-order chi connectivity index (χ0) is 34.5. The first-order chi connectivity index (χ1) is 25.0. The summed E-state index contributed by atoms with van der Waals surface area (Å²) in [6.45, 7) is 6.49. The summed E-state index contributed by atoms with van der Waals surface area (Å²) in [5.74, 6) is 1.21. The van der Waals surface area contributed by atoms with E-state index in [4.69, 9.17) is 14.7 Å². The molecule has 9 rings (SSSR count). The first kappa shape index (κ1) is 33.5. The Balaban J connectivity index is 0.00000387. The van der Waals surface area contributed by atoms with E-state index in [2.05, 4.69) is 154 Å². The van der Waals surface area contributed by atoms with E-state index in [1.807, 2.05) is 30.6 Å². The molecule has 3 nitrogen and oxygen atoms in total. The number of ether oxygens (including phenoxy) is 1. The number of nitrogens with zero attached hydrogens (tertiary/aromatic N) is 2. The largest absolute Gasteiger partial charge is 2.00 e. The van der Waals surface area contributed by atoms with Crippen LogP contribution in [0.2, 0.25) is 0 Å². The summed E-state index contributed by atoms with van der Waals surface area (Å²) in [5.41, 5.74) is 13.6. The summed E-state index contributed by atoms with van der Waals surface area (Å²) >= 11 is 0. The van der Waals surface area contributed by atoms with Gasteiger partial charge in [0.15, 0.2) is 0 Å². The van der Waals surface area contributed by atoms with E-state index in [-0.39, 0.29) is 21.1 Å². The third kappa shape index (κ3) is 5.57. The Morgan fingerprint density at radius 1 is 0.577 bits per heavy atom. The summed E-state index contributed by atoms with van der Waals surface area (Å²) in [5, 5.41) is 2.23. The average Bonchev–Trinajstić information content (AvgIpc) is 3.46. The Kier molecular flexibility index (Phi) is 8.69. The van der Waals surface area contributed by atoms with Gasteiger partial charge < -0.3 is 9.72 Å². The second-order valence-corrected chi connectivity index (χ2v) is 13.4. The zero-order valence-electron chi connectivity index (χ0n) is 29.1. The maximum Gasteiger partial charge on any atom is 2.00 e. The van der Waals surface area contributed by atoms with Gasteiger partial charge >= 0.3 is 21.1 Å². The molecule has 1 aliphatic carbocycles. The fraction of sp³-hybridized carbons (Fsp3) is 0.0833. The molecular formula is C48H34N2OPt. The van der Waals surface area contributed by atoms with Gasteiger partial charge in [0.25, 0.3) is 0 Å². The molecule has 0 saturated carbocycles. The zero-order valence-corrected chi connectivity index (χ0v) is 31.3. The van der Waals surface area contributed by atoms with Gasteiger partial charge in [-0.1, -0.05) is 120 Å². The Morgan fingerprint density at radius 2 is 1.25 bits per heavy atom. The topological polar surface area (TPSA) is 35.0 Å². The summed E-state index contributed by atoms with van der Waals surface area (Å²) in [6, 6.07) is 56.1. The van der Waals surface area contributed by atoms with Crippen molar-refractivity contribution in [3.05, 3.63) is 203 Å². The molecule has 0 amide bonds. The summed E-state index contributed by atoms with van der Waals surface area (Å²) in [4.78, 5) is 9.85. The van der Waals surface area contributed by atoms with Crippen molar-refractivity contribution in [1.29, 1.82) is 0 Å². The standard InChI is InChI=1S/C48H34N2O.Pt/c1-31-23-32(2)47(33(3)24-31)37-25-36(45-28-34-13-4-5-14-35(34)30-50-45)26-40(27-37)51-39-16-12-15-38(29-39)48(46-21-10-11-22-49-46)43-19-8-6-17-41(43)42-18-7-9-20-44(42)48;/h4-25,27-28,30H,1-3H3;/q-2;+2. The van der Waals surface area contributed by atoms with Gasteiger partial charge in [-0.15, -0.1) is 29.3 Å². The van der Waals surface area contributed by atoms with Crippen LogP contribution in [0.3, 0.4) is 0 Å². The number of hydrogen-bond donors (Lipinski definition) is 0. The van der Waals surface area contributed by atoms with Gasteiger partial charge in [-0.25, -0.2) is 0 Å². The van der Waals surface area contributed by atoms with Crippen molar-refractivity contribution >= 4 is 10.8 Å². The van der Waals surface area contributed by atoms with Crippen LogP contribution in [-0.4, -0.2) is 9.97 Å². The Labute approximate surface area is 319 Å². The molecule has 0 aliphatic heterocycles. The molecule has 0 spiro atoms. The minimum atomic E-state index is -0.671. The van der Waals surface area contributed by atoms with Crippen molar-refractivity contribution in [1.82, 2.24) is 9.97 Å². The van der Waals surface area contributed by atoms with E-state index in [0.29, 0.717) is 11.5 Å².